The van der Waals surface area contributed by atoms with Crippen molar-refractivity contribution in [1.82, 2.24) is 5.32 Å². The number of rotatable bonds is 3. The molecule has 0 radical (unpaired) electrons. The van der Waals surface area contributed by atoms with E-state index in [1.807, 2.05) is 0 Å². The molecule has 2 rings (SSSR count). The van der Waals surface area contributed by atoms with Crippen LogP contribution >= 0.6 is 0 Å². The molecule has 0 unspecified atom stereocenters. The van der Waals surface area contributed by atoms with Gasteiger partial charge in [-0.1, -0.05) is 18.9 Å². The van der Waals surface area contributed by atoms with Crippen LogP contribution in [0.3, 0.4) is 0 Å². The Morgan fingerprint density at radius 1 is 1.26 bits per heavy atom. The molecule has 0 bridgehead atoms. The van der Waals surface area contributed by atoms with Crippen molar-refractivity contribution < 1.29 is 13.2 Å². The first-order chi connectivity index (χ1) is 8.95. The zero-order chi connectivity index (χ0) is 13.9. The maximum absolute atomic E-state index is 11.8. The fourth-order valence-electron chi connectivity index (χ4n) is 2.23. The van der Waals surface area contributed by atoms with E-state index in [2.05, 4.69) is 10.6 Å². The Labute approximate surface area is 113 Å². The van der Waals surface area contributed by atoms with Crippen molar-refractivity contribution in [2.45, 2.75) is 36.6 Å². The Hall–Kier alpha value is -1.56. The Morgan fingerprint density at radius 2 is 1.95 bits per heavy atom. The molecule has 5 nitrogen and oxygen atoms in total. The van der Waals surface area contributed by atoms with E-state index < -0.39 is 9.84 Å². The van der Waals surface area contributed by atoms with Crippen LogP contribution in [0.1, 0.15) is 25.7 Å². The Bertz CT molecular complexity index is 563. The van der Waals surface area contributed by atoms with E-state index in [4.69, 9.17) is 0 Å². The van der Waals surface area contributed by atoms with Crippen LogP contribution in [0.2, 0.25) is 0 Å². The molecular formula is C13H18N2O3S. The Balaban J connectivity index is 2.00. The minimum Gasteiger partial charge on any atom is -0.335 e. The molecule has 0 aromatic heterocycles. The number of amides is 2. The maximum Gasteiger partial charge on any atom is 0.319 e. The van der Waals surface area contributed by atoms with E-state index in [1.165, 1.54) is 12.1 Å². The second-order valence-electron chi connectivity index (χ2n) is 4.88. The quantitative estimate of drug-likeness (QED) is 0.892. The summed E-state index contributed by atoms with van der Waals surface area (Å²) < 4.78 is 22.8. The summed E-state index contributed by atoms with van der Waals surface area (Å²) in [7, 11) is -3.26. The largest absolute Gasteiger partial charge is 0.335 e. The van der Waals surface area contributed by atoms with Crippen LogP contribution in [-0.2, 0) is 9.84 Å². The van der Waals surface area contributed by atoms with Crippen LogP contribution in [0.15, 0.2) is 29.2 Å². The molecule has 19 heavy (non-hydrogen) atoms. The lowest BCUT2D eigenvalue weighted by Crippen LogP contribution is -2.36. The van der Waals surface area contributed by atoms with E-state index in [9.17, 15) is 13.2 Å². The SMILES string of the molecule is CS(=O)(=O)c1cccc(NC(=O)NC2CCCC2)c1. The highest BCUT2D eigenvalue weighted by Crippen LogP contribution is 2.18. The number of benzene rings is 1. The van der Waals surface area contributed by atoms with Gasteiger partial charge in [-0.2, -0.15) is 0 Å². The zero-order valence-corrected chi connectivity index (χ0v) is 11.7. The summed E-state index contributed by atoms with van der Waals surface area (Å²) in [5.41, 5.74) is 0.485. The van der Waals surface area contributed by atoms with Crippen molar-refractivity contribution in [2.75, 3.05) is 11.6 Å². The van der Waals surface area contributed by atoms with Gasteiger partial charge in [0, 0.05) is 18.0 Å². The Kier molecular flexibility index (Phi) is 4.09. The second kappa shape index (κ2) is 5.61. The topological polar surface area (TPSA) is 75.3 Å². The first-order valence-corrected chi connectivity index (χ1v) is 8.22. The molecule has 0 saturated heterocycles. The average molecular weight is 282 g/mol. The molecule has 1 fully saturated rings. The molecule has 1 aliphatic carbocycles. The number of nitrogens with one attached hydrogen (secondary N) is 2. The summed E-state index contributed by atoms with van der Waals surface area (Å²) >= 11 is 0. The van der Waals surface area contributed by atoms with E-state index >= 15 is 0 Å². The van der Waals surface area contributed by atoms with E-state index in [0.29, 0.717) is 5.69 Å². The lowest BCUT2D eigenvalue weighted by atomic mass is 10.2. The van der Waals surface area contributed by atoms with E-state index in [0.717, 1.165) is 31.9 Å². The van der Waals surface area contributed by atoms with Gasteiger partial charge in [-0.15, -0.1) is 0 Å². The number of carbonyl (C=O) groups excluding carboxylic acids is 1. The third-order valence-electron chi connectivity index (χ3n) is 3.21. The van der Waals surface area contributed by atoms with E-state index in [-0.39, 0.29) is 17.0 Å². The molecular weight excluding hydrogens is 264 g/mol. The predicted molar refractivity (Wildman–Crippen MR) is 74.0 cm³/mol. The highest BCUT2D eigenvalue weighted by molar-refractivity contribution is 7.90. The van der Waals surface area contributed by atoms with Gasteiger partial charge in [-0.05, 0) is 31.0 Å². The highest BCUT2D eigenvalue weighted by atomic mass is 32.2. The first kappa shape index (κ1) is 13.9. The molecule has 2 amide bonds. The van der Waals surface area contributed by atoms with Crippen molar-refractivity contribution in [3.05, 3.63) is 24.3 Å². The van der Waals surface area contributed by atoms with Crippen LogP contribution in [0, 0.1) is 0 Å². The van der Waals surface area contributed by atoms with Gasteiger partial charge in [0.05, 0.1) is 4.90 Å². The molecule has 6 heteroatoms. The summed E-state index contributed by atoms with van der Waals surface area (Å²) in [4.78, 5) is 12.0. The van der Waals surface area contributed by atoms with Gasteiger partial charge in [0.25, 0.3) is 0 Å². The summed E-state index contributed by atoms with van der Waals surface area (Å²) in [6.45, 7) is 0. The van der Waals surface area contributed by atoms with Gasteiger partial charge in [-0.3, -0.25) is 0 Å². The molecule has 104 valence electrons. The second-order valence-corrected chi connectivity index (χ2v) is 6.90. The van der Waals surface area contributed by atoms with Gasteiger partial charge in [0.1, 0.15) is 0 Å². The monoisotopic (exact) mass is 282 g/mol. The van der Waals surface area contributed by atoms with Gasteiger partial charge in [0.15, 0.2) is 9.84 Å². The number of sulfone groups is 1. The Morgan fingerprint density at radius 3 is 2.58 bits per heavy atom. The van der Waals surface area contributed by atoms with Gasteiger partial charge in [0.2, 0.25) is 0 Å². The highest BCUT2D eigenvalue weighted by Gasteiger charge is 2.17. The van der Waals surface area contributed by atoms with Crippen LogP contribution in [0.25, 0.3) is 0 Å². The van der Waals surface area contributed by atoms with Crippen LogP contribution in [0.5, 0.6) is 0 Å². The van der Waals surface area contributed by atoms with Gasteiger partial charge in [-0.25, -0.2) is 13.2 Å². The van der Waals surface area contributed by atoms with Crippen LogP contribution in [-0.4, -0.2) is 26.7 Å². The molecule has 2 N–H and O–H groups in total. The summed E-state index contributed by atoms with van der Waals surface area (Å²) in [6, 6.07) is 6.21. The molecule has 1 aromatic carbocycles. The summed E-state index contributed by atoms with van der Waals surface area (Å²) in [6.07, 6.45) is 5.46. The molecule has 0 spiro atoms. The first-order valence-electron chi connectivity index (χ1n) is 6.33. The number of anilines is 1. The third kappa shape index (κ3) is 3.96. The minimum absolute atomic E-state index is 0.200. The fourth-order valence-corrected chi connectivity index (χ4v) is 2.89. The molecule has 1 saturated carbocycles. The zero-order valence-electron chi connectivity index (χ0n) is 10.8. The van der Waals surface area contributed by atoms with Crippen LogP contribution in [0.4, 0.5) is 10.5 Å². The van der Waals surface area contributed by atoms with Crippen molar-refractivity contribution in [3.8, 4) is 0 Å². The minimum atomic E-state index is -3.26. The summed E-state index contributed by atoms with van der Waals surface area (Å²) in [5, 5.41) is 5.55. The molecule has 1 aromatic rings. The van der Waals surface area contributed by atoms with Crippen molar-refractivity contribution >= 4 is 21.6 Å². The van der Waals surface area contributed by atoms with Crippen molar-refractivity contribution in [3.63, 3.8) is 0 Å². The molecule has 1 aliphatic rings. The number of hydrogen-bond donors (Lipinski definition) is 2. The lowest BCUT2D eigenvalue weighted by molar-refractivity contribution is 0.248. The average Bonchev–Trinajstić information content (AvgIpc) is 2.80. The fraction of sp³-hybridized carbons (Fsp3) is 0.462. The predicted octanol–water partition coefficient (Wildman–Crippen LogP) is 2.15. The van der Waals surface area contributed by atoms with Gasteiger partial charge >= 0.3 is 6.03 Å². The normalized spacial score (nSPS) is 16.3. The van der Waals surface area contributed by atoms with Gasteiger partial charge < -0.3 is 10.6 Å². The molecule has 0 aliphatic heterocycles. The van der Waals surface area contributed by atoms with Crippen LogP contribution < -0.4 is 10.6 Å². The maximum atomic E-state index is 11.8. The van der Waals surface area contributed by atoms with Crippen molar-refractivity contribution in [2.24, 2.45) is 0 Å². The summed E-state index contributed by atoms with van der Waals surface area (Å²) in [5.74, 6) is 0. The molecule has 0 atom stereocenters. The smallest absolute Gasteiger partial charge is 0.319 e. The van der Waals surface area contributed by atoms with E-state index in [1.54, 1.807) is 12.1 Å². The van der Waals surface area contributed by atoms with Crippen molar-refractivity contribution in [1.29, 1.82) is 0 Å². The lowest BCUT2D eigenvalue weighted by Gasteiger charge is -2.13. The third-order valence-corrected chi connectivity index (χ3v) is 4.32. The number of urea groups is 1. The number of hydrogen-bond acceptors (Lipinski definition) is 3. The molecule has 0 heterocycles. The standard InChI is InChI=1S/C13H18N2O3S/c1-19(17,18)12-8-4-7-11(9-12)15-13(16)14-10-5-2-3-6-10/h4,7-10H,2-3,5-6H2,1H3,(H2,14,15,16). The number of carbonyl (C=O) groups is 1.